The molecule has 132 valence electrons. The maximum atomic E-state index is 12.3. The first-order valence-electron chi connectivity index (χ1n) is 8.20. The minimum absolute atomic E-state index is 0.0328. The number of aliphatic hydroxyl groups is 1. The van der Waals surface area contributed by atoms with E-state index in [2.05, 4.69) is 10.2 Å². The zero-order valence-corrected chi connectivity index (χ0v) is 14.7. The van der Waals surface area contributed by atoms with Gasteiger partial charge in [-0.15, -0.1) is 0 Å². The van der Waals surface area contributed by atoms with Gasteiger partial charge in [0.25, 0.3) is 5.91 Å². The number of anilines is 1. The van der Waals surface area contributed by atoms with E-state index in [0.717, 1.165) is 24.4 Å². The molecule has 6 heteroatoms. The highest BCUT2D eigenvalue weighted by atomic mass is 35.5. The molecule has 1 aliphatic rings. The summed E-state index contributed by atoms with van der Waals surface area (Å²) in [7, 11) is 1.62. The first-order chi connectivity index (χ1) is 12.1. The Labute approximate surface area is 152 Å². The second-order valence-electron chi connectivity index (χ2n) is 6.07. The molecule has 3 rings (SSSR count). The van der Waals surface area contributed by atoms with Crippen molar-refractivity contribution >= 4 is 23.2 Å². The Hall–Kier alpha value is -2.24. The van der Waals surface area contributed by atoms with Crippen molar-refractivity contribution in [2.45, 2.75) is 18.6 Å². The predicted molar refractivity (Wildman–Crippen MR) is 98.2 cm³/mol. The molecule has 0 aliphatic carbocycles. The Bertz CT molecular complexity index is 739. The topological polar surface area (TPSA) is 61.8 Å². The summed E-state index contributed by atoms with van der Waals surface area (Å²) in [4.78, 5) is 14.4. The number of nitrogens with one attached hydrogen (secondary N) is 1. The summed E-state index contributed by atoms with van der Waals surface area (Å²) in [5.41, 5.74) is 1.50. The van der Waals surface area contributed by atoms with Gasteiger partial charge in [0, 0.05) is 24.2 Å². The van der Waals surface area contributed by atoms with Crippen molar-refractivity contribution in [2.75, 3.05) is 25.1 Å². The number of aliphatic hydroxyl groups excluding tert-OH is 1. The van der Waals surface area contributed by atoms with Crippen molar-refractivity contribution in [2.24, 2.45) is 0 Å². The van der Waals surface area contributed by atoms with Crippen molar-refractivity contribution in [3.8, 4) is 5.75 Å². The number of halogens is 1. The standard InChI is InChI=1S/C19H21ClN2O3/c1-25-17-8-7-14(20)11-16(17)22-10-9-15(12-22)21-19(24)18(23)13-5-3-2-4-6-13/h2-8,11,15,18,23H,9-10,12H2,1H3,(H,21,24)/t15-,18+/m1/s1. The predicted octanol–water partition coefficient (Wildman–Crippen LogP) is 2.78. The lowest BCUT2D eigenvalue weighted by Crippen LogP contribution is -2.39. The van der Waals surface area contributed by atoms with Crippen molar-refractivity contribution in [1.29, 1.82) is 0 Å². The molecule has 2 aromatic carbocycles. The Morgan fingerprint density at radius 3 is 2.80 bits per heavy atom. The summed E-state index contributed by atoms with van der Waals surface area (Å²) in [5, 5.41) is 13.8. The number of carbonyl (C=O) groups excluding carboxylic acids is 1. The van der Waals surface area contributed by atoms with Crippen LogP contribution in [0.25, 0.3) is 0 Å². The number of hydrogen-bond acceptors (Lipinski definition) is 4. The van der Waals surface area contributed by atoms with Crippen molar-refractivity contribution in [1.82, 2.24) is 5.32 Å². The maximum absolute atomic E-state index is 12.3. The summed E-state index contributed by atoms with van der Waals surface area (Å²) in [6.07, 6.45) is -0.362. The van der Waals surface area contributed by atoms with E-state index in [9.17, 15) is 9.90 Å². The fourth-order valence-electron chi connectivity index (χ4n) is 3.07. The van der Waals surface area contributed by atoms with Gasteiger partial charge in [-0.05, 0) is 30.2 Å². The maximum Gasteiger partial charge on any atom is 0.253 e. The van der Waals surface area contributed by atoms with E-state index in [4.69, 9.17) is 16.3 Å². The molecule has 2 aromatic rings. The molecule has 0 unspecified atom stereocenters. The molecule has 0 bridgehead atoms. The molecule has 1 amide bonds. The van der Waals surface area contributed by atoms with Gasteiger partial charge in [-0.1, -0.05) is 41.9 Å². The lowest BCUT2D eigenvalue weighted by molar-refractivity contribution is -0.130. The number of benzene rings is 2. The summed E-state index contributed by atoms with van der Waals surface area (Å²) in [6.45, 7) is 1.42. The molecule has 1 fully saturated rings. The molecule has 2 N–H and O–H groups in total. The van der Waals surface area contributed by atoms with Crippen LogP contribution in [0.15, 0.2) is 48.5 Å². The van der Waals surface area contributed by atoms with Crippen LogP contribution in [0.3, 0.4) is 0 Å². The first-order valence-corrected chi connectivity index (χ1v) is 8.58. The zero-order valence-electron chi connectivity index (χ0n) is 14.0. The van der Waals surface area contributed by atoms with E-state index in [1.165, 1.54) is 0 Å². The zero-order chi connectivity index (χ0) is 17.8. The smallest absolute Gasteiger partial charge is 0.253 e. The van der Waals surface area contributed by atoms with Crippen LogP contribution < -0.4 is 15.0 Å². The SMILES string of the molecule is COc1ccc(Cl)cc1N1CC[C@@H](NC(=O)[C@@H](O)c2ccccc2)C1. The van der Waals surface area contributed by atoms with Gasteiger partial charge in [-0.2, -0.15) is 0 Å². The highest BCUT2D eigenvalue weighted by Gasteiger charge is 2.28. The summed E-state index contributed by atoms with van der Waals surface area (Å²) < 4.78 is 5.40. The molecule has 0 radical (unpaired) electrons. The summed E-state index contributed by atoms with van der Waals surface area (Å²) >= 11 is 6.10. The largest absolute Gasteiger partial charge is 0.495 e. The molecule has 25 heavy (non-hydrogen) atoms. The number of ether oxygens (including phenoxy) is 1. The molecular weight excluding hydrogens is 340 g/mol. The van der Waals surface area contributed by atoms with Crippen LogP contribution in [0.1, 0.15) is 18.1 Å². The van der Waals surface area contributed by atoms with E-state index in [-0.39, 0.29) is 11.9 Å². The van der Waals surface area contributed by atoms with Crippen molar-refractivity contribution in [3.63, 3.8) is 0 Å². The van der Waals surface area contributed by atoms with Gasteiger partial charge in [0.2, 0.25) is 0 Å². The minimum atomic E-state index is -1.16. The Balaban J connectivity index is 1.64. The Morgan fingerprint density at radius 1 is 1.32 bits per heavy atom. The molecule has 5 nitrogen and oxygen atoms in total. The number of methoxy groups -OCH3 is 1. The molecule has 0 spiro atoms. The van der Waals surface area contributed by atoms with E-state index in [1.807, 2.05) is 18.2 Å². The second-order valence-corrected chi connectivity index (χ2v) is 6.51. The normalized spacial score (nSPS) is 18.0. The van der Waals surface area contributed by atoms with Crippen molar-refractivity contribution < 1.29 is 14.6 Å². The van der Waals surface area contributed by atoms with Crippen LogP contribution >= 0.6 is 11.6 Å². The fraction of sp³-hybridized carbons (Fsp3) is 0.316. The van der Waals surface area contributed by atoms with Gasteiger partial charge in [-0.3, -0.25) is 4.79 Å². The third-order valence-corrected chi connectivity index (χ3v) is 4.61. The average molecular weight is 361 g/mol. The van der Waals surface area contributed by atoms with E-state index in [0.29, 0.717) is 17.1 Å². The third kappa shape index (κ3) is 4.06. The lowest BCUT2D eigenvalue weighted by atomic mass is 10.1. The molecule has 0 saturated carbocycles. The number of hydrogen-bond donors (Lipinski definition) is 2. The Morgan fingerprint density at radius 2 is 2.08 bits per heavy atom. The number of rotatable bonds is 5. The van der Waals surface area contributed by atoms with Crippen LogP contribution in [0.5, 0.6) is 5.75 Å². The van der Waals surface area contributed by atoms with Crippen molar-refractivity contribution in [3.05, 3.63) is 59.1 Å². The minimum Gasteiger partial charge on any atom is -0.495 e. The van der Waals surface area contributed by atoms with Crippen LogP contribution in [-0.4, -0.2) is 37.3 Å². The van der Waals surface area contributed by atoms with Gasteiger partial charge in [0.05, 0.1) is 12.8 Å². The number of nitrogens with zero attached hydrogens (tertiary/aromatic N) is 1. The van der Waals surface area contributed by atoms with Gasteiger partial charge in [-0.25, -0.2) is 0 Å². The van der Waals surface area contributed by atoms with Gasteiger partial charge in [0.1, 0.15) is 5.75 Å². The Kier molecular flexibility index (Phi) is 5.46. The lowest BCUT2D eigenvalue weighted by Gasteiger charge is -2.22. The van der Waals surface area contributed by atoms with Gasteiger partial charge < -0.3 is 20.1 Å². The highest BCUT2D eigenvalue weighted by molar-refractivity contribution is 6.30. The molecule has 2 atom stereocenters. The summed E-state index contributed by atoms with van der Waals surface area (Å²) in [6, 6.07) is 14.4. The monoisotopic (exact) mass is 360 g/mol. The average Bonchev–Trinajstić information content (AvgIpc) is 3.10. The molecule has 1 saturated heterocycles. The van der Waals surface area contributed by atoms with Crippen LogP contribution in [0, 0.1) is 0 Å². The van der Waals surface area contributed by atoms with Gasteiger partial charge >= 0.3 is 0 Å². The molecule has 0 aromatic heterocycles. The second kappa shape index (κ2) is 7.76. The quantitative estimate of drug-likeness (QED) is 0.860. The van der Waals surface area contributed by atoms with E-state index in [1.54, 1.807) is 37.4 Å². The van der Waals surface area contributed by atoms with Crippen LogP contribution in [0.4, 0.5) is 5.69 Å². The first kappa shape index (κ1) is 17.6. The highest BCUT2D eigenvalue weighted by Crippen LogP contribution is 2.33. The van der Waals surface area contributed by atoms with Crippen LogP contribution in [0.2, 0.25) is 5.02 Å². The number of carbonyl (C=O) groups is 1. The van der Waals surface area contributed by atoms with E-state index >= 15 is 0 Å². The molecular formula is C19H21ClN2O3. The molecule has 1 heterocycles. The third-order valence-electron chi connectivity index (χ3n) is 4.38. The van der Waals surface area contributed by atoms with E-state index < -0.39 is 6.10 Å². The molecule has 1 aliphatic heterocycles. The fourth-order valence-corrected chi connectivity index (χ4v) is 3.24. The summed E-state index contributed by atoms with van der Waals surface area (Å²) in [5.74, 6) is 0.372. The van der Waals surface area contributed by atoms with Gasteiger partial charge in [0.15, 0.2) is 6.10 Å². The van der Waals surface area contributed by atoms with Crippen LogP contribution in [-0.2, 0) is 4.79 Å². The number of amides is 1.